The summed E-state index contributed by atoms with van der Waals surface area (Å²) in [5.74, 6) is 0. The van der Waals surface area contributed by atoms with Crippen molar-refractivity contribution in [3.63, 3.8) is 0 Å². The van der Waals surface area contributed by atoms with Crippen molar-refractivity contribution in [1.82, 2.24) is 4.90 Å². The van der Waals surface area contributed by atoms with Gasteiger partial charge in [0.25, 0.3) is 5.69 Å². The number of rotatable bonds is 6. The van der Waals surface area contributed by atoms with Gasteiger partial charge in [-0.1, -0.05) is 29.3 Å². The zero-order valence-corrected chi connectivity index (χ0v) is 18.2. The molecule has 9 nitrogen and oxygen atoms in total. The van der Waals surface area contributed by atoms with Gasteiger partial charge in [0.15, 0.2) is 0 Å². The zero-order valence-electron chi connectivity index (χ0n) is 16.7. The Hall–Kier alpha value is -2.75. The highest BCUT2D eigenvalue weighted by molar-refractivity contribution is 6.35. The standard InChI is InChI=1S/C20H22Cl2N4O5/c1-12(16-4-2-13(21)8-17(16)22)23-18-9-14(3-5-19(18)26(30)31)24-6-7-25(20(28)29)15(10-24)11-27/h2-5,8-9,12,15,23,27H,6-7,10-11H2,1H3,(H,28,29)/t12-,15?/m1/s1. The van der Waals surface area contributed by atoms with Crippen LogP contribution in [-0.2, 0) is 0 Å². The molecule has 1 amide bonds. The molecule has 1 aliphatic heterocycles. The fourth-order valence-corrected chi connectivity index (χ4v) is 4.23. The number of hydrogen-bond donors (Lipinski definition) is 3. The number of nitro benzene ring substituents is 1. The molecule has 1 aliphatic rings. The van der Waals surface area contributed by atoms with Crippen LogP contribution in [0.2, 0.25) is 10.0 Å². The SMILES string of the molecule is C[C@@H](Nc1cc(N2CCN(C(=O)O)C(CO)C2)ccc1[N+](=O)[O-])c1ccc(Cl)cc1Cl. The molecule has 11 heteroatoms. The summed E-state index contributed by atoms with van der Waals surface area (Å²) in [5.41, 5.74) is 1.64. The third kappa shape index (κ3) is 5.12. The van der Waals surface area contributed by atoms with E-state index in [2.05, 4.69) is 5.32 Å². The van der Waals surface area contributed by atoms with E-state index in [-0.39, 0.29) is 31.4 Å². The van der Waals surface area contributed by atoms with Crippen molar-refractivity contribution in [2.75, 3.05) is 36.5 Å². The Morgan fingerprint density at radius 2 is 2.03 bits per heavy atom. The van der Waals surface area contributed by atoms with Crippen molar-refractivity contribution in [3.05, 3.63) is 62.1 Å². The number of aliphatic hydroxyl groups excluding tert-OH is 1. The number of nitrogens with one attached hydrogen (secondary N) is 1. The van der Waals surface area contributed by atoms with E-state index in [9.17, 15) is 25.1 Å². The number of amides is 1. The molecule has 3 rings (SSSR count). The first-order valence-corrected chi connectivity index (χ1v) is 10.3. The van der Waals surface area contributed by atoms with Gasteiger partial charge in [0.2, 0.25) is 0 Å². The number of benzene rings is 2. The minimum absolute atomic E-state index is 0.0939. The van der Waals surface area contributed by atoms with Crippen LogP contribution < -0.4 is 10.2 Å². The first-order valence-electron chi connectivity index (χ1n) is 9.56. The van der Waals surface area contributed by atoms with Gasteiger partial charge in [-0.3, -0.25) is 15.0 Å². The summed E-state index contributed by atoms with van der Waals surface area (Å²) >= 11 is 12.2. The molecule has 0 aromatic heterocycles. The summed E-state index contributed by atoms with van der Waals surface area (Å²) in [7, 11) is 0. The highest BCUT2D eigenvalue weighted by atomic mass is 35.5. The van der Waals surface area contributed by atoms with Crippen LogP contribution in [0.25, 0.3) is 0 Å². The van der Waals surface area contributed by atoms with Crippen LogP contribution in [-0.4, -0.2) is 58.4 Å². The van der Waals surface area contributed by atoms with E-state index in [4.69, 9.17) is 23.2 Å². The van der Waals surface area contributed by atoms with Crippen molar-refractivity contribution in [2.24, 2.45) is 0 Å². The topological polar surface area (TPSA) is 119 Å². The molecule has 0 aliphatic carbocycles. The Balaban J connectivity index is 1.87. The highest BCUT2D eigenvalue weighted by Gasteiger charge is 2.30. The Bertz CT molecular complexity index is 990. The van der Waals surface area contributed by atoms with Gasteiger partial charge in [-0.25, -0.2) is 4.79 Å². The first-order chi connectivity index (χ1) is 14.7. The van der Waals surface area contributed by atoms with Crippen molar-refractivity contribution >= 4 is 46.4 Å². The Morgan fingerprint density at radius 1 is 1.29 bits per heavy atom. The van der Waals surface area contributed by atoms with Gasteiger partial charge in [-0.15, -0.1) is 0 Å². The summed E-state index contributed by atoms with van der Waals surface area (Å²) in [6.45, 7) is 2.42. The summed E-state index contributed by atoms with van der Waals surface area (Å²) < 4.78 is 0. The van der Waals surface area contributed by atoms with E-state index >= 15 is 0 Å². The summed E-state index contributed by atoms with van der Waals surface area (Å²) in [6.07, 6.45) is -1.08. The molecular formula is C20H22Cl2N4O5. The fourth-order valence-electron chi connectivity index (χ4n) is 3.66. The molecule has 2 aromatic rings. The van der Waals surface area contributed by atoms with E-state index in [1.54, 1.807) is 30.3 Å². The minimum atomic E-state index is -1.08. The largest absolute Gasteiger partial charge is 0.465 e. The van der Waals surface area contributed by atoms with Gasteiger partial charge >= 0.3 is 6.09 Å². The van der Waals surface area contributed by atoms with Gasteiger partial charge in [0, 0.05) is 41.4 Å². The van der Waals surface area contributed by atoms with Crippen LogP contribution in [0.1, 0.15) is 18.5 Å². The number of carbonyl (C=O) groups is 1. The number of anilines is 2. The molecule has 1 heterocycles. The number of hydrogen-bond acceptors (Lipinski definition) is 6. The molecule has 1 fully saturated rings. The van der Waals surface area contributed by atoms with E-state index in [1.165, 1.54) is 11.0 Å². The van der Waals surface area contributed by atoms with Gasteiger partial charge in [0.1, 0.15) is 5.69 Å². The van der Waals surface area contributed by atoms with Gasteiger partial charge in [-0.05, 0) is 36.8 Å². The Morgan fingerprint density at radius 3 is 2.65 bits per heavy atom. The third-order valence-corrected chi connectivity index (χ3v) is 5.84. The summed E-state index contributed by atoms with van der Waals surface area (Å²) in [5, 5.41) is 34.5. The van der Waals surface area contributed by atoms with Crippen LogP contribution >= 0.6 is 23.2 Å². The summed E-state index contributed by atoms with van der Waals surface area (Å²) in [4.78, 5) is 25.5. The lowest BCUT2D eigenvalue weighted by atomic mass is 10.1. The second-order valence-electron chi connectivity index (χ2n) is 7.25. The van der Waals surface area contributed by atoms with Crippen LogP contribution in [0.4, 0.5) is 21.9 Å². The molecule has 31 heavy (non-hydrogen) atoms. The number of aliphatic hydroxyl groups is 1. The van der Waals surface area contributed by atoms with Crippen molar-refractivity contribution in [3.8, 4) is 0 Å². The van der Waals surface area contributed by atoms with Crippen LogP contribution in [0.3, 0.4) is 0 Å². The number of nitro groups is 1. The molecule has 1 unspecified atom stereocenters. The van der Waals surface area contributed by atoms with E-state index in [1.807, 2.05) is 11.8 Å². The maximum Gasteiger partial charge on any atom is 0.407 e. The maximum absolute atomic E-state index is 11.6. The van der Waals surface area contributed by atoms with E-state index in [0.29, 0.717) is 28.0 Å². The molecule has 2 aromatic carbocycles. The van der Waals surface area contributed by atoms with E-state index in [0.717, 1.165) is 5.56 Å². The highest BCUT2D eigenvalue weighted by Crippen LogP contribution is 2.35. The lowest BCUT2D eigenvalue weighted by molar-refractivity contribution is -0.384. The van der Waals surface area contributed by atoms with E-state index < -0.39 is 17.1 Å². The Kier molecular flexibility index (Phi) is 7.09. The zero-order chi connectivity index (χ0) is 22.7. The van der Waals surface area contributed by atoms with Crippen LogP contribution in [0, 0.1) is 10.1 Å². The lowest BCUT2D eigenvalue weighted by Crippen LogP contribution is -2.56. The average molecular weight is 469 g/mol. The number of nitrogens with zero attached hydrogens (tertiary/aromatic N) is 3. The van der Waals surface area contributed by atoms with Gasteiger partial charge in [0.05, 0.1) is 23.6 Å². The molecule has 2 atom stereocenters. The second kappa shape index (κ2) is 9.59. The molecule has 166 valence electrons. The second-order valence-corrected chi connectivity index (χ2v) is 8.09. The first kappa shape index (κ1) is 22.9. The van der Waals surface area contributed by atoms with Gasteiger partial charge < -0.3 is 20.4 Å². The van der Waals surface area contributed by atoms with Crippen molar-refractivity contribution in [2.45, 2.75) is 19.0 Å². The fraction of sp³-hybridized carbons (Fsp3) is 0.350. The predicted molar refractivity (Wildman–Crippen MR) is 119 cm³/mol. The maximum atomic E-state index is 11.6. The monoisotopic (exact) mass is 468 g/mol. The number of piperazine rings is 1. The minimum Gasteiger partial charge on any atom is -0.465 e. The van der Waals surface area contributed by atoms with Crippen LogP contribution in [0.5, 0.6) is 0 Å². The quantitative estimate of drug-likeness (QED) is 0.428. The van der Waals surface area contributed by atoms with Crippen molar-refractivity contribution < 1.29 is 19.9 Å². The molecule has 0 radical (unpaired) electrons. The number of carboxylic acid groups (broad SMARTS) is 1. The molecular weight excluding hydrogens is 447 g/mol. The smallest absolute Gasteiger partial charge is 0.407 e. The van der Waals surface area contributed by atoms with Gasteiger partial charge in [-0.2, -0.15) is 0 Å². The third-order valence-electron chi connectivity index (χ3n) is 5.28. The molecule has 3 N–H and O–H groups in total. The lowest BCUT2D eigenvalue weighted by Gasteiger charge is -2.40. The Labute approximate surface area is 188 Å². The normalized spacial score (nSPS) is 17.4. The van der Waals surface area contributed by atoms with Crippen LogP contribution in [0.15, 0.2) is 36.4 Å². The molecule has 0 bridgehead atoms. The molecule has 0 spiro atoms. The average Bonchev–Trinajstić information content (AvgIpc) is 2.72. The number of halogens is 2. The van der Waals surface area contributed by atoms with Crippen molar-refractivity contribution in [1.29, 1.82) is 0 Å². The molecule has 0 saturated carbocycles. The predicted octanol–water partition coefficient (Wildman–Crippen LogP) is 4.24. The molecule has 1 saturated heterocycles. The summed E-state index contributed by atoms with van der Waals surface area (Å²) in [6, 6.07) is 8.83.